The van der Waals surface area contributed by atoms with Crippen molar-refractivity contribution in [3.8, 4) is 5.75 Å². The minimum atomic E-state index is -0.547. The summed E-state index contributed by atoms with van der Waals surface area (Å²) < 4.78 is 10.5. The highest BCUT2D eigenvalue weighted by Gasteiger charge is 2.24. The summed E-state index contributed by atoms with van der Waals surface area (Å²) in [6.45, 7) is 1.86. The number of benzene rings is 1. The second-order valence-corrected chi connectivity index (χ2v) is 3.80. The molecule has 1 aromatic carbocycles. The molecule has 0 aromatic heterocycles. The van der Waals surface area contributed by atoms with Crippen LogP contribution in [0.2, 0.25) is 0 Å². The summed E-state index contributed by atoms with van der Waals surface area (Å²) in [7, 11) is 3.24. The van der Waals surface area contributed by atoms with Gasteiger partial charge in [-0.1, -0.05) is 18.2 Å². The zero-order chi connectivity index (χ0) is 11.3. The van der Waals surface area contributed by atoms with Crippen LogP contribution in [-0.2, 0) is 11.2 Å². The van der Waals surface area contributed by atoms with Crippen LogP contribution >= 0.6 is 0 Å². The van der Waals surface area contributed by atoms with Crippen LogP contribution in [0.15, 0.2) is 24.3 Å². The number of methoxy groups -OCH3 is 2. The Bertz CT molecular complexity index is 305. The van der Waals surface area contributed by atoms with E-state index in [1.165, 1.54) is 0 Å². The molecule has 0 heterocycles. The average molecular weight is 210 g/mol. The Morgan fingerprint density at radius 3 is 2.47 bits per heavy atom. The second kappa shape index (κ2) is 5.14. The van der Waals surface area contributed by atoms with E-state index in [9.17, 15) is 5.11 Å². The van der Waals surface area contributed by atoms with Gasteiger partial charge in [0, 0.05) is 13.5 Å². The molecule has 0 amide bonds. The molecular weight excluding hydrogens is 192 g/mol. The van der Waals surface area contributed by atoms with Crippen molar-refractivity contribution in [1.29, 1.82) is 0 Å². The maximum absolute atomic E-state index is 9.24. The van der Waals surface area contributed by atoms with Crippen LogP contribution in [0.3, 0.4) is 0 Å². The smallest absolute Gasteiger partial charge is 0.122 e. The zero-order valence-corrected chi connectivity index (χ0v) is 9.49. The van der Waals surface area contributed by atoms with Gasteiger partial charge in [-0.2, -0.15) is 0 Å². The van der Waals surface area contributed by atoms with E-state index >= 15 is 0 Å². The molecule has 1 unspecified atom stereocenters. The SMILES string of the molecule is COc1ccccc1CC(C)(CO)OC. The monoisotopic (exact) mass is 210 g/mol. The second-order valence-electron chi connectivity index (χ2n) is 3.80. The summed E-state index contributed by atoms with van der Waals surface area (Å²) in [6.07, 6.45) is 0.629. The van der Waals surface area contributed by atoms with Gasteiger partial charge in [-0.05, 0) is 18.6 Å². The van der Waals surface area contributed by atoms with Crippen molar-refractivity contribution < 1.29 is 14.6 Å². The number of para-hydroxylation sites is 1. The predicted molar refractivity (Wildman–Crippen MR) is 59.2 cm³/mol. The number of aliphatic hydroxyl groups excluding tert-OH is 1. The van der Waals surface area contributed by atoms with E-state index in [2.05, 4.69) is 0 Å². The third-order valence-electron chi connectivity index (χ3n) is 2.58. The van der Waals surface area contributed by atoms with Crippen molar-refractivity contribution in [2.45, 2.75) is 18.9 Å². The van der Waals surface area contributed by atoms with Gasteiger partial charge in [0.1, 0.15) is 5.75 Å². The van der Waals surface area contributed by atoms with Gasteiger partial charge in [0.25, 0.3) is 0 Å². The molecule has 1 aromatic rings. The third-order valence-corrected chi connectivity index (χ3v) is 2.58. The van der Waals surface area contributed by atoms with E-state index in [-0.39, 0.29) is 6.61 Å². The molecule has 1 atom stereocenters. The Kier molecular flexibility index (Phi) is 4.12. The van der Waals surface area contributed by atoms with Gasteiger partial charge in [0.15, 0.2) is 0 Å². The molecule has 3 nitrogen and oxygen atoms in total. The number of rotatable bonds is 5. The van der Waals surface area contributed by atoms with E-state index in [0.29, 0.717) is 6.42 Å². The fourth-order valence-electron chi connectivity index (χ4n) is 1.44. The molecule has 0 radical (unpaired) electrons. The van der Waals surface area contributed by atoms with Crippen molar-refractivity contribution >= 4 is 0 Å². The van der Waals surface area contributed by atoms with Crippen molar-refractivity contribution in [3.05, 3.63) is 29.8 Å². The molecule has 1 N–H and O–H groups in total. The lowest BCUT2D eigenvalue weighted by Gasteiger charge is -2.26. The minimum Gasteiger partial charge on any atom is -0.496 e. The lowest BCUT2D eigenvalue weighted by Crippen LogP contribution is -2.34. The molecule has 15 heavy (non-hydrogen) atoms. The Morgan fingerprint density at radius 2 is 1.93 bits per heavy atom. The van der Waals surface area contributed by atoms with Gasteiger partial charge in [-0.25, -0.2) is 0 Å². The maximum Gasteiger partial charge on any atom is 0.122 e. The largest absolute Gasteiger partial charge is 0.496 e. The van der Waals surface area contributed by atoms with Crippen molar-refractivity contribution in [3.63, 3.8) is 0 Å². The molecule has 1 rings (SSSR count). The number of ether oxygens (including phenoxy) is 2. The summed E-state index contributed by atoms with van der Waals surface area (Å²) in [5, 5.41) is 9.24. The first-order valence-corrected chi connectivity index (χ1v) is 4.93. The molecule has 0 spiro atoms. The van der Waals surface area contributed by atoms with Crippen molar-refractivity contribution in [2.24, 2.45) is 0 Å². The summed E-state index contributed by atoms with van der Waals surface area (Å²) >= 11 is 0. The van der Waals surface area contributed by atoms with Crippen LogP contribution in [0.1, 0.15) is 12.5 Å². The van der Waals surface area contributed by atoms with Crippen LogP contribution in [0, 0.1) is 0 Å². The van der Waals surface area contributed by atoms with Gasteiger partial charge >= 0.3 is 0 Å². The quantitative estimate of drug-likeness (QED) is 0.803. The molecule has 0 aliphatic carbocycles. The Labute approximate surface area is 90.6 Å². The van der Waals surface area contributed by atoms with E-state index in [1.807, 2.05) is 31.2 Å². The Morgan fingerprint density at radius 1 is 1.27 bits per heavy atom. The summed E-state index contributed by atoms with van der Waals surface area (Å²) in [5.74, 6) is 0.828. The molecule has 0 fully saturated rings. The first kappa shape index (κ1) is 12.0. The molecule has 0 aliphatic rings. The van der Waals surface area contributed by atoms with E-state index in [1.54, 1.807) is 14.2 Å². The summed E-state index contributed by atoms with van der Waals surface area (Å²) in [5.41, 5.74) is 0.493. The van der Waals surface area contributed by atoms with Gasteiger partial charge in [-0.3, -0.25) is 0 Å². The molecule has 3 heteroatoms. The van der Waals surface area contributed by atoms with E-state index < -0.39 is 5.60 Å². The van der Waals surface area contributed by atoms with Gasteiger partial charge in [0.05, 0.1) is 19.3 Å². The first-order chi connectivity index (χ1) is 7.15. The first-order valence-electron chi connectivity index (χ1n) is 4.93. The fourth-order valence-corrected chi connectivity index (χ4v) is 1.44. The van der Waals surface area contributed by atoms with Crippen LogP contribution in [0.5, 0.6) is 5.75 Å². The average Bonchev–Trinajstić information content (AvgIpc) is 2.29. The van der Waals surface area contributed by atoms with Crippen LogP contribution in [0.25, 0.3) is 0 Å². The van der Waals surface area contributed by atoms with E-state index in [0.717, 1.165) is 11.3 Å². The standard InChI is InChI=1S/C12H18O3/c1-12(9-13,15-3)8-10-6-4-5-7-11(10)14-2/h4-7,13H,8-9H2,1-3H3. The van der Waals surface area contributed by atoms with Crippen LogP contribution < -0.4 is 4.74 Å². The van der Waals surface area contributed by atoms with Crippen molar-refractivity contribution in [2.75, 3.05) is 20.8 Å². The zero-order valence-electron chi connectivity index (χ0n) is 9.49. The van der Waals surface area contributed by atoms with Crippen LogP contribution in [0.4, 0.5) is 0 Å². The minimum absolute atomic E-state index is 0.0124. The summed E-state index contributed by atoms with van der Waals surface area (Å²) in [4.78, 5) is 0. The maximum atomic E-state index is 9.24. The van der Waals surface area contributed by atoms with Crippen molar-refractivity contribution in [1.82, 2.24) is 0 Å². The van der Waals surface area contributed by atoms with Gasteiger partial charge in [-0.15, -0.1) is 0 Å². The molecule has 0 bridgehead atoms. The van der Waals surface area contributed by atoms with Gasteiger partial charge in [0.2, 0.25) is 0 Å². The fraction of sp³-hybridized carbons (Fsp3) is 0.500. The number of hydrogen-bond acceptors (Lipinski definition) is 3. The lowest BCUT2D eigenvalue weighted by atomic mass is 9.96. The van der Waals surface area contributed by atoms with Crippen LogP contribution in [-0.4, -0.2) is 31.5 Å². The molecular formula is C12H18O3. The predicted octanol–water partition coefficient (Wildman–Crippen LogP) is 1.64. The number of aliphatic hydroxyl groups is 1. The molecule has 0 saturated heterocycles. The topological polar surface area (TPSA) is 38.7 Å². The van der Waals surface area contributed by atoms with E-state index in [4.69, 9.17) is 9.47 Å². The highest BCUT2D eigenvalue weighted by molar-refractivity contribution is 5.34. The molecule has 0 aliphatic heterocycles. The summed E-state index contributed by atoms with van der Waals surface area (Å²) in [6, 6.07) is 7.76. The molecule has 0 saturated carbocycles. The third kappa shape index (κ3) is 2.94. The Hall–Kier alpha value is -1.06. The molecule has 84 valence electrons. The number of hydrogen-bond donors (Lipinski definition) is 1. The highest BCUT2D eigenvalue weighted by Crippen LogP contribution is 2.24. The van der Waals surface area contributed by atoms with Gasteiger partial charge < -0.3 is 14.6 Å². The normalized spacial score (nSPS) is 14.7. The lowest BCUT2D eigenvalue weighted by molar-refractivity contribution is -0.0371. The Balaban J connectivity index is 2.87. The highest BCUT2D eigenvalue weighted by atomic mass is 16.5.